The molecule has 2 amide bonds. The van der Waals surface area contributed by atoms with Crippen LogP contribution in [0.1, 0.15) is 31.2 Å². The topological polar surface area (TPSA) is 67.9 Å². The summed E-state index contributed by atoms with van der Waals surface area (Å²) in [5, 5.41) is 3.54. The maximum absolute atomic E-state index is 12.4. The lowest BCUT2D eigenvalue weighted by atomic mass is 10.0. The number of hydrogen-bond donors (Lipinski definition) is 1. The summed E-state index contributed by atoms with van der Waals surface area (Å²) < 4.78 is 9.89. The normalized spacial score (nSPS) is 24.3. The van der Waals surface area contributed by atoms with E-state index < -0.39 is 0 Å². The molecule has 2 fully saturated rings. The van der Waals surface area contributed by atoms with Crippen molar-refractivity contribution in [1.82, 2.24) is 10.2 Å². The Morgan fingerprint density at radius 1 is 1.27 bits per heavy atom. The van der Waals surface area contributed by atoms with Crippen LogP contribution < -0.4 is 10.1 Å². The molecule has 2 aliphatic rings. The Labute approximate surface area is 158 Å². The van der Waals surface area contributed by atoms with Crippen molar-refractivity contribution in [3.8, 4) is 5.75 Å². The van der Waals surface area contributed by atoms with Crippen molar-refractivity contribution in [2.24, 2.45) is 0 Å². The van der Waals surface area contributed by atoms with Crippen molar-refractivity contribution >= 4 is 23.8 Å². The Bertz CT molecular complexity index is 637. The molecular formula is C19H26N2O4S. The Hall–Kier alpha value is -1.89. The van der Waals surface area contributed by atoms with Crippen molar-refractivity contribution in [2.45, 2.75) is 49.6 Å². The Balaban J connectivity index is 1.58. The van der Waals surface area contributed by atoms with Crippen LogP contribution in [0.5, 0.6) is 5.75 Å². The molecule has 2 aliphatic heterocycles. The lowest BCUT2D eigenvalue weighted by Gasteiger charge is -2.27. The molecule has 0 aliphatic carbocycles. The number of ether oxygens (including phenoxy) is 2. The molecule has 2 heterocycles. The number of carbonyl (C=O) groups is 2. The van der Waals surface area contributed by atoms with E-state index >= 15 is 0 Å². The van der Waals surface area contributed by atoms with E-state index in [1.165, 1.54) is 7.11 Å². The van der Waals surface area contributed by atoms with E-state index in [1.807, 2.05) is 40.9 Å². The minimum atomic E-state index is -0.152. The number of thioether (sulfide) groups is 1. The zero-order valence-electron chi connectivity index (χ0n) is 15.3. The van der Waals surface area contributed by atoms with Gasteiger partial charge in [0, 0.05) is 24.0 Å². The van der Waals surface area contributed by atoms with Crippen molar-refractivity contribution in [3.63, 3.8) is 0 Å². The molecule has 7 heteroatoms. The zero-order chi connectivity index (χ0) is 18.5. The first kappa shape index (κ1) is 18.9. The van der Waals surface area contributed by atoms with Gasteiger partial charge in [0.2, 0.25) is 0 Å². The number of nitrogens with zero attached hydrogens (tertiary/aromatic N) is 1. The molecule has 1 aromatic carbocycles. The molecule has 1 N–H and O–H groups in total. The quantitative estimate of drug-likeness (QED) is 0.428. The van der Waals surface area contributed by atoms with Crippen LogP contribution in [-0.2, 0) is 16.1 Å². The van der Waals surface area contributed by atoms with Gasteiger partial charge < -0.3 is 19.7 Å². The minimum absolute atomic E-state index is 0.0238. The van der Waals surface area contributed by atoms with E-state index in [1.54, 1.807) is 7.11 Å². The largest absolute Gasteiger partial charge is 0.497 e. The number of fused-ring (bicyclic) bond motifs is 1. The third kappa shape index (κ3) is 4.26. The molecule has 2 saturated heterocycles. The lowest BCUT2D eigenvalue weighted by molar-refractivity contribution is -0.140. The number of amides is 2. The van der Waals surface area contributed by atoms with E-state index in [0.29, 0.717) is 18.2 Å². The monoisotopic (exact) mass is 378 g/mol. The second kappa shape index (κ2) is 8.66. The number of methoxy groups -OCH3 is 2. The first-order valence-electron chi connectivity index (χ1n) is 9.01. The van der Waals surface area contributed by atoms with E-state index in [0.717, 1.165) is 36.3 Å². The fourth-order valence-corrected chi connectivity index (χ4v) is 5.28. The summed E-state index contributed by atoms with van der Waals surface area (Å²) in [4.78, 5) is 25.6. The molecule has 0 radical (unpaired) electrons. The molecule has 3 rings (SSSR count). The highest BCUT2D eigenvalue weighted by Gasteiger charge is 2.47. The second-order valence-electron chi connectivity index (χ2n) is 6.72. The summed E-state index contributed by atoms with van der Waals surface area (Å²) in [6, 6.07) is 8.32. The highest BCUT2D eigenvalue weighted by atomic mass is 32.2. The number of hydrogen-bond acceptors (Lipinski definition) is 5. The molecule has 142 valence electrons. The van der Waals surface area contributed by atoms with Gasteiger partial charge in [0.25, 0.3) is 0 Å². The summed E-state index contributed by atoms with van der Waals surface area (Å²) in [5.74, 6) is 1.62. The maximum atomic E-state index is 12.4. The third-order valence-corrected chi connectivity index (χ3v) is 6.57. The smallest absolute Gasteiger partial charge is 0.318 e. The Morgan fingerprint density at radius 3 is 2.73 bits per heavy atom. The van der Waals surface area contributed by atoms with Gasteiger partial charge in [0.1, 0.15) is 5.75 Å². The number of benzene rings is 1. The van der Waals surface area contributed by atoms with E-state index in [-0.39, 0.29) is 24.1 Å². The van der Waals surface area contributed by atoms with Gasteiger partial charge in [-0.15, -0.1) is 0 Å². The van der Waals surface area contributed by atoms with Crippen LogP contribution >= 0.6 is 11.8 Å². The van der Waals surface area contributed by atoms with Gasteiger partial charge in [-0.3, -0.25) is 4.79 Å². The van der Waals surface area contributed by atoms with Crippen molar-refractivity contribution in [3.05, 3.63) is 29.8 Å². The fraction of sp³-hybridized carbons (Fsp3) is 0.579. The number of nitrogens with one attached hydrogen (secondary N) is 1. The van der Waals surface area contributed by atoms with Gasteiger partial charge >= 0.3 is 12.0 Å². The van der Waals surface area contributed by atoms with Gasteiger partial charge in [0.05, 0.1) is 26.3 Å². The predicted molar refractivity (Wildman–Crippen MR) is 101 cm³/mol. The molecule has 26 heavy (non-hydrogen) atoms. The van der Waals surface area contributed by atoms with E-state index in [4.69, 9.17) is 4.74 Å². The van der Waals surface area contributed by atoms with Crippen LogP contribution in [0.25, 0.3) is 0 Å². The van der Waals surface area contributed by atoms with Gasteiger partial charge in [0.15, 0.2) is 0 Å². The molecule has 6 nitrogen and oxygen atoms in total. The van der Waals surface area contributed by atoms with Crippen molar-refractivity contribution in [2.75, 3.05) is 20.0 Å². The molecule has 0 saturated carbocycles. The molecule has 0 aromatic heterocycles. The summed E-state index contributed by atoms with van der Waals surface area (Å²) in [6.45, 7) is 0.607. The summed E-state index contributed by atoms with van der Waals surface area (Å²) in [6.07, 6.45) is 3.28. The highest BCUT2D eigenvalue weighted by Crippen LogP contribution is 2.38. The summed E-state index contributed by atoms with van der Waals surface area (Å²) >= 11 is 1.93. The van der Waals surface area contributed by atoms with Gasteiger partial charge in [-0.2, -0.15) is 11.8 Å². The summed E-state index contributed by atoms with van der Waals surface area (Å²) in [5.41, 5.74) is 1.10. The maximum Gasteiger partial charge on any atom is 0.318 e. The van der Waals surface area contributed by atoms with Crippen molar-refractivity contribution < 1.29 is 19.1 Å². The minimum Gasteiger partial charge on any atom is -0.497 e. The van der Waals surface area contributed by atoms with Crippen LogP contribution in [0.3, 0.4) is 0 Å². The third-order valence-electron chi connectivity index (χ3n) is 5.07. The standard InChI is InChI=1S/C19H26N2O4S/c1-24-14-9-7-13(8-10-14)11-21-18-15(20-19(21)23)12-26-16(18)5-3-4-6-17(22)25-2/h7-10,15-16,18H,3-6,11-12H2,1-2H3,(H,20,23)/t15-,16-,18-/m0/s1. The van der Waals surface area contributed by atoms with Gasteiger partial charge in [-0.05, 0) is 30.5 Å². The number of urea groups is 1. The first-order valence-corrected chi connectivity index (χ1v) is 10.1. The van der Waals surface area contributed by atoms with Crippen LogP contribution in [0.4, 0.5) is 4.79 Å². The lowest BCUT2D eigenvalue weighted by Crippen LogP contribution is -2.40. The fourth-order valence-electron chi connectivity index (χ4n) is 3.68. The SMILES string of the molecule is COC(=O)CCCC[C@@H]1SC[C@@H]2NC(=O)N(Cc3ccc(OC)cc3)[C@@H]21. The molecule has 3 atom stereocenters. The second-order valence-corrected chi connectivity index (χ2v) is 7.99. The number of rotatable bonds is 8. The van der Waals surface area contributed by atoms with E-state index in [9.17, 15) is 9.59 Å². The number of unbranched alkanes of at least 4 members (excludes halogenated alkanes) is 1. The van der Waals surface area contributed by atoms with Crippen LogP contribution in [0.15, 0.2) is 24.3 Å². The summed E-state index contributed by atoms with van der Waals surface area (Å²) in [7, 11) is 3.07. The highest BCUT2D eigenvalue weighted by molar-refractivity contribution is 8.00. The number of esters is 1. The average molecular weight is 378 g/mol. The van der Waals surface area contributed by atoms with Crippen molar-refractivity contribution in [1.29, 1.82) is 0 Å². The molecule has 0 bridgehead atoms. The van der Waals surface area contributed by atoms with E-state index in [2.05, 4.69) is 10.1 Å². The zero-order valence-corrected chi connectivity index (χ0v) is 16.1. The molecular weight excluding hydrogens is 352 g/mol. The predicted octanol–water partition coefficient (Wildman–Crippen LogP) is 2.81. The van der Waals surface area contributed by atoms with Gasteiger partial charge in [-0.1, -0.05) is 18.6 Å². The molecule has 1 aromatic rings. The number of carbonyl (C=O) groups excluding carboxylic acids is 2. The van der Waals surface area contributed by atoms with Gasteiger partial charge in [-0.25, -0.2) is 4.79 Å². The average Bonchev–Trinajstić information content (AvgIpc) is 3.18. The van der Waals surface area contributed by atoms with Crippen LogP contribution in [0, 0.1) is 0 Å². The van der Waals surface area contributed by atoms with Crippen LogP contribution in [-0.4, -0.2) is 54.2 Å². The molecule has 0 unspecified atom stereocenters. The Kier molecular flexibility index (Phi) is 6.29. The first-order chi connectivity index (χ1) is 12.6. The van der Waals surface area contributed by atoms with Crippen LogP contribution in [0.2, 0.25) is 0 Å². The molecule has 0 spiro atoms. The Morgan fingerprint density at radius 2 is 2.04 bits per heavy atom.